The molecule has 0 saturated heterocycles. The van der Waals surface area contributed by atoms with Crippen molar-refractivity contribution in [2.75, 3.05) is 12.0 Å². The van der Waals surface area contributed by atoms with Crippen molar-refractivity contribution in [1.29, 1.82) is 0 Å². The summed E-state index contributed by atoms with van der Waals surface area (Å²) in [6.45, 7) is 4.55. The molecule has 0 spiro atoms. The molecule has 0 bridgehead atoms. The maximum Gasteiger partial charge on any atom is 0.237 e. The lowest BCUT2D eigenvalue weighted by Crippen LogP contribution is -2.47. The van der Waals surface area contributed by atoms with E-state index in [9.17, 15) is 4.79 Å². The Morgan fingerprint density at radius 1 is 1.44 bits per heavy atom. The van der Waals surface area contributed by atoms with E-state index < -0.39 is 0 Å². The number of hydrogen-bond acceptors (Lipinski definition) is 3. The SMILES string of the molecule is CSCC[C@H](N)C(=O)NC1CCCC(C(C)C)C1. The zero-order chi connectivity index (χ0) is 13.5. The topological polar surface area (TPSA) is 55.1 Å². The summed E-state index contributed by atoms with van der Waals surface area (Å²) in [5.41, 5.74) is 5.89. The molecule has 0 aromatic rings. The van der Waals surface area contributed by atoms with E-state index in [0.29, 0.717) is 6.04 Å². The normalized spacial score (nSPS) is 26.1. The molecule has 1 amide bonds. The first kappa shape index (κ1) is 15.8. The standard InChI is InChI=1S/C14H28N2OS/c1-10(2)11-5-4-6-12(9-11)16-14(17)13(15)7-8-18-3/h10-13H,4-9,15H2,1-3H3,(H,16,17)/t11?,12?,13-/m0/s1. The third-order valence-electron chi connectivity index (χ3n) is 3.97. The number of thioether (sulfide) groups is 1. The van der Waals surface area contributed by atoms with Crippen molar-refractivity contribution in [2.24, 2.45) is 17.6 Å². The van der Waals surface area contributed by atoms with Crippen LogP contribution in [0.25, 0.3) is 0 Å². The molecular formula is C14H28N2OS. The average Bonchev–Trinajstić information content (AvgIpc) is 2.36. The van der Waals surface area contributed by atoms with Gasteiger partial charge in [0.25, 0.3) is 0 Å². The highest BCUT2D eigenvalue weighted by atomic mass is 32.2. The van der Waals surface area contributed by atoms with E-state index in [0.717, 1.165) is 36.9 Å². The third kappa shape index (κ3) is 5.19. The van der Waals surface area contributed by atoms with E-state index in [1.165, 1.54) is 12.8 Å². The van der Waals surface area contributed by atoms with Crippen LogP contribution >= 0.6 is 11.8 Å². The minimum absolute atomic E-state index is 0.0402. The lowest BCUT2D eigenvalue weighted by Gasteiger charge is -2.32. The summed E-state index contributed by atoms with van der Waals surface area (Å²) in [6.07, 6.45) is 7.59. The Balaban J connectivity index is 2.34. The molecule has 1 saturated carbocycles. The molecule has 1 rings (SSSR count). The Labute approximate surface area is 116 Å². The first-order valence-electron chi connectivity index (χ1n) is 7.09. The summed E-state index contributed by atoms with van der Waals surface area (Å²) < 4.78 is 0. The number of hydrogen-bond donors (Lipinski definition) is 2. The number of amides is 1. The number of rotatable bonds is 6. The highest BCUT2D eigenvalue weighted by Gasteiger charge is 2.26. The van der Waals surface area contributed by atoms with Crippen LogP contribution in [0.15, 0.2) is 0 Å². The van der Waals surface area contributed by atoms with Gasteiger partial charge >= 0.3 is 0 Å². The summed E-state index contributed by atoms with van der Waals surface area (Å²) in [4.78, 5) is 11.9. The summed E-state index contributed by atoms with van der Waals surface area (Å²) in [7, 11) is 0. The van der Waals surface area contributed by atoms with Crippen molar-refractivity contribution in [3.8, 4) is 0 Å². The van der Waals surface area contributed by atoms with Crippen molar-refractivity contribution in [2.45, 2.75) is 58.0 Å². The number of nitrogens with two attached hydrogens (primary N) is 1. The molecule has 2 unspecified atom stereocenters. The van der Waals surface area contributed by atoms with Gasteiger partial charge in [0.05, 0.1) is 6.04 Å². The fourth-order valence-electron chi connectivity index (χ4n) is 2.65. The monoisotopic (exact) mass is 272 g/mol. The second-order valence-electron chi connectivity index (χ2n) is 5.76. The van der Waals surface area contributed by atoms with Crippen molar-refractivity contribution in [1.82, 2.24) is 5.32 Å². The smallest absolute Gasteiger partial charge is 0.237 e. The van der Waals surface area contributed by atoms with Crippen LogP contribution in [0.5, 0.6) is 0 Å². The van der Waals surface area contributed by atoms with Crippen molar-refractivity contribution < 1.29 is 4.79 Å². The first-order chi connectivity index (χ1) is 8.54. The molecule has 1 aliphatic rings. The maximum absolute atomic E-state index is 11.9. The zero-order valence-electron chi connectivity index (χ0n) is 11.9. The van der Waals surface area contributed by atoms with Gasteiger partial charge in [0.15, 0.2) is 0 Å². The van der Waals surface area contributed by atoms with Crippen LogP contribution < -0.4 is 11.1 Å². The highest BCUT2D eigenvalue weighted by molar-refractivity contribution is 7.98. The van der Waals surface area contributed by atoms with Crippen LogP contribution in [0.2, 0.25) is 0 Å². The molecule has 0 aliphatic heterocycles. The summed E-state index contributed by atoms with van der Waals surface area (Å²) >= 11 is 1.74. The Hall–Kier alpha value is -0.220. The van der Waals surface area contributed by atoms with Crippen LogP contribution in [0.4, 0.5) is 0 Å². The van der Waals surface area contributed by atoms with Gasteiger partial charge in [0.2, 0.25) is 5.91 Å². The van der Waals surface area contributed by atoms with E-state index in [2.05, 4.69) is 19.2 Å². The fraction of sp³-hybridized carbons (Fsp3) is 0.929. The second kappa shape index (κ2) is 8.05. The van der Waals surface area contributed by atoms with Crippen LogP contribution in [-0.4, -0.2) is 30.0 Å². The van der Waals surface area contributed by atoms with E-state index in [-0.39, 0.29) is 11.9 Å². The predicted molar refractivity (Wildman–Crippen MR) is 79.7 cm³/mol. The third-order valence-corrected chi connectivity index (χ3v) is 4.62. The maximum atomic E-state index is 11.9. The molecule has 1 fully saturated rings. The fourth-order valence-corrected chi connectivity index (χ4v) is 3.14. The highest BCUT2D eigenvalue weighted by Crippen LogP contribution is 2.29. The van der Waals surface area contributed by atoms with Gasteiger partial charge in [-0.15, -0.1) is 0 Å². The van der Waals surface area contributed by atoms with E-state index in [4.69, 9.17) is 5.73 Å². The van der Waals surface area contributed by atoms with Crippen LogP contribution in [0.3, 0.4) is 0 Å². The molecule has 4 heteroatoms. The lowest BCUT2D eigenvalue weighted by molar-refractivity contribution is -0.123. The van der Waals surface area contributed by atoms with Gasteiger partial charge in [-0.1, -0.05) is 26.7 Å². The molecule has 0 aromatic heterocycles. The molecule has 106 valence electrons. The van der Waals surface area contributed by atoms with Crippen LogP contribution in [0.1, 0.15) is 46.0 Å². The number of nitrogens with one attached hydrogen (secondary N) is 1. The van der Waals surface area contributed by atoms with Gasteiger partial charge in [0, 0.05) is 6.04 Å². The summed E-state index contributed by atoms with van der Waals surface area (Å²) in [5, 5.41) is 3.14. The minimum Gasteiger partial charge on any atom is -0.352 e. The number of carbonyl (C=O) groups is 1. The van der Waals surface area contributed by atoms with Gasteiger partial charge in [-0.05, 0) is 43.1 Å². The second-order valence-corrected chi connectivity index (χ2v) is 6.75. The Morgan fingerprint density at radius 2 is 2.17 bits per heavy atom. The molecule has 0 heterocycles. The summed E-state index contributed by atoms with van der Waals surface area (Å²) in [6, 6.07) is 0.0101. The van der Waals surface area contributed by atoms with Gasteiger partial charge in [-0.3, -0.25) is 4.79 Å². The summed E-state index contributed by atoms with van der Waals surface area (Å²) in [5.74, 6) is 2.47. The van der Waals surface area contributed by atoms with Gasteiger partial charge in [-0.25, -0.2) is 0 Å². The molecule has 0 aromatic carbocycles. The van der Waals surface area contributed by atoms with Gasteiger partial charge < -0.3 is 11.1 Å². The van der Waals surface area contributed by atoms with E-state index in [1.807, 2.05) is 6.26 Å². The van der Waals surface area contributed by atoms with E-state index in [1.54, 1.807) is 11.8 Å². The molecule has 3 N–H and O–H groups in total. The molecule has 18 heavy (non-hydrogen) atoms. The average molecular weight is 272 g/mol. The van der Waals surface area contributed by atoms with Crippen molar-refractivity contribution in [3.05, 3.63) is 0 Å². The Kier molecular flexibility index (Phi) is 7.08. The zero-order valence-corrected chi connectivity index (χ0v) is 12.8. The Bertz CT molecular complexity index is 258. The van der Waals surface area contributed by atoms with E-state index >= 15 is 0 Å². The lowest BCUT2D eigenvalue weighted by atomic mass is 9.79. The molecule has 0 radical (unpaired) electrons. The Morgan fingerprint density at radius 3 is 2.78 bits per heavy atom. The van der Waals surface area contributed by atoms with Crippen LogP contribution in [0, 0.1) is 11.8 Å². The molecule has 1 aliphatic carbocycles. The molecule has 3 atom stereocenters. The number of carbonyl (C=O) groups excluding carboxylic acids is 1. The quantitative estimate of drug-likeness (QED) is 0.780. The minimum atomic E-state index is -0.336. The first-order valence-corrected chi connectivity index (χ1v) is 8.48. The van der Waals surface area contributed by atoms with Crippen LogP contribution in [-0.2, 0) is 4.79 Å². The van der Waals surface area contributed by atoms with Gasteiger partial charge in [0.1, 0.15) is 0 Å². The molecule has 3 nitrogen and oxygen atoms in total. The van der Waals surface area contributed by atoms with Gasteiger partial charge in [-0.2, -0.15) is 11.8 Å². The van der Waals surface area contributed by atoms with Crippen molar-refractivity contribution >= 4 is 17.7 Å². The largest absolute Gasteiger partial charge is 0.352 e. The van der Waals surface area contributed by atoms with Crippen molar-refractivity contribution in [3.63, 3.8) is 0 Å². The molecular weight excluding hydrogens is 244 g/mol. The predicted octanol–water partition coefficient (Wildman–Crippen LogP) is 2.40.